The first-order valence-corrected chi connectivity index (χ1v) is 7.56. The molecule has 1 rings (SSSR count). The number of amides is 1. The lowest BCUT2D eigenvalue weighted by Gasteiger charge is -2.30. The summed E-state index contributed by atoms with van der Waals surface area (Å²) in [5.74, 6) is 0.727. The molecule has 1 fully saturated rings. The van der Waals surface area contributed by atoms with Crippen molar-refractivity contribution < 1.29 is 4.79 Å². The Labute approximate surface area is 118 Å². The molecule has 1 amide bonds. The molecular formula is C15H31N3O. The number of rotatable bonds is 5. The number of likely N-dealkylation sites (tertiary alicyclic amines) is 1. The Balaban J connectivity index is 2.50. The lowest BCUT2D eigenvalue weighted by atomic mass is 9.86. The van der Waals surface area contributed by atoms with Gasteiger partial charge in [0.1, 0.15) is 0 Å². The molecule has 0 saturated carbocycles. The fourth-order valence-corrected chi connectivity index (χ4v) is 2.60. The molecule has 2 N–H and O–H groups in total. The van der Waals surface area contributed by atoms with Gasteiger partial charge in [-0.25, -0.2) is 0 Å². The molecule has 4 nitrogen and oxygen atoms in total. The zero-order chi connectivity index (χ0) is 14.6. The van der Waals surface area contributed by atoms with Gasteiger partial charge in [0.2, 0.25) is 5.91 Å². The molecule has 4 heteroatoms. The van der Waals surface area contributed by atoms with Crippen molar-refractivity contribution in [2.45, 2.75) is 47.1 Å². The summed E-state index contributed by atoms with van der Waals surface area (Å²) in [5, 5.41) is 0. The number of carbonyl (C=O) groups is 1. The molecule has 1 saturated heterocycles. The van der Waals surface area contributed by atoms with Gasteiger partial charge in [-0.3, -0.25) is 4.79 Å². The van der Waals surface area contributed by atoms with E-state index in [1.165, 1.54) is 0 Å². The molecule has 0 aliphatic carbocycles. The molecule has 112 valence electrons. The SMILES string of the molecule is CCN(CC)CC1CCN(C(=O)[C@@H](N)C(C)(C)C)C1. The summed E-state index contributed by atoms with van der Waals surface area (Å²) in [6, 6.07) is -0.389. The summed E-state index contributed by atoms with van der Waals surface area (Å²) in [7, 11) is 0. The maximum Gasteiger partial charge on any atom is 0.240 e. The largest absolute Gasteiger partial charge is 0.341 e. The van der Waals surface area contributed by atoms with Crippen LogP contribution in [0.4, 0.5) is 0 Å². The Morgan fingerprint density at radius 3 is 2.42 bits per heavy atom. The highest BCUT2D eigenvalue weighted by molar-refractivity contribution is 5.82. The summed E-state index contributed by atoms with van der Waals surface area (Å²) in [6.45, 7) is 15.5. The van der Waals surface area contributed by atoms with Gasteiger partial charge in [0.25, 0.3) is 0 Å². The van der Waals surface area contributed by atoms with Crippen LogP contribution in [-0.4, -0.2) is 54.5 Å². The van der Waals surface area contributed by atoms with Crippen molar-refractivity contribution >= 4 is 5.91 Å². The predicted octanol–water partition coefficient (Wildman–Crippen LogP) is 1.55. The van der Waals surface area contributed by atoms with Crippen LogP contribution in [0.25, 0.3) is 0 Å². The van der Waals surface area contributed by atoms with Crippen molar-refractivity contribution in [2.24, 2.45) is 17.1 Å². The lowest BCUT2D eigenvalue weighted by molar-refractivity contribution is -0.134. The zero-order valence-corrected chi connectivity index (χ0v) is 13.3. The molecule has 0 spiro atoms. The average Bonchev–Trinajstić information content (AvgIpc) is 2.81. The average molecular weight is 269 g/mol. The third kappa shape index (κ3) is 4.46. The molecular weight excluding hydrogens is 238 g/mol. The molecule has 0 radical (unpaired) electrons. The third-order valence-corrected chi connectivity index (χ3v) is 4.21. The lowest BCUT2D eigenvalue weighted by Crippen LogP contribution is -2.49. The maximum absolute atomic E-state index is 12.3. The molecule has 1 aliphatic rings. The Morgan fingerprint density at radius 2 is 1.95 bits per heavy atom. The highest BCUT2D eigenvalue weighted by atomic mass is 16.2. The Kier molecular flexibility index (Phi) is 5.81. The summed E-state index contributed by atoms with van der Waals surface area (Å²) in [5.41, 5.74) is 5.91. The van der Waals surface area contributed by atoms with Crippen LogP contribution in [0.15, 0.2) is 0 Å². The van der Waals surface area contributed by atoms with Crippen LogP contribution in [0.5, 0.6) is 0 Å². The first kappa shape index (κ1) is 16.4. The van der Waals surface area contributed by atoms with E-state index < -0.39 is 0 Å². The van der Waals surface area contributed by atoms with Crippen molar-refractivity contribution in [1.29, 1.82) is 0 Å². The fourth-order valence-electron chi connectivity index (χ4n) is 2.60. The van der Waals surface area contributed by atoms with Crippen LogP contribution >= 0.6 is 0 Å². The summed E-state index contributed by atoms with van der Waals surface area (Å²) in [6.07, 6.45) is 1.11. The molecule has 0 aromatic heterocycles. The van der Waals surface area contributed by atoms with Gasteiger partial charge < -0.3 is 15.5 Å². The molecule has 1 unspecified atom stereocenters. The normalized spacial score (nSPS) is 22.1. The van der Waals surface area contributed by atoms with Crippen molar-refractivity contribution in [3.05, 3.63) is 0 Å². The monoisotopic (exact) mass is 269 g/mol. The van der Waals surface area contributed by atoms with Gasteiger partial charge in [0.15, 0.2) is 0 Å². The minimum Gasteiger partial charge on any atom is -0.341 e. The number of hydrogen-bond donors (Lipinski definition) is 1. The topological polar surface area (TPSA) is 49.6 Å². The molecule has 0 bridgehead atoms. The Hall–Kier alpha value is -0.610. The smallest absolute Gasteiger partial charge is 0.240 e. The number of carbonyl (C=O) groups excluding carboxylic acids is 1. The Morgan fingerprint density at radius 1 is 1.37 bits per heavy atom. The van der Waals surface area contributed by atoms with Gasteiger partial charge in [-0.05, 0) is 30.8 Å². The Bertz CT molecular complexity index is 294. The van der Waals surface area contributed by atoms with E-state index in [1.54, 1.807) is 0 Å². The van der Waals surface area contributed by atoms with E-state index in [4.69, 9.17) is 5.73 Å². The second-order valence-corrected chi connectivity index (χ2v) is 6.77. The summed E-state index contributed by atoms with van der Waals surface area (Å²) in [4.78, 5) is 16.7. The van der Waals surface area contributed by atoms with E-state index >= 15 is 0 Å². The van der Waals surface area contributed by atoms with Crippen molar-refractivity contribution in [3.8, 4) is 0 Å². The summed E-state index contributed by atoms with van der Waals surface area (Å²) >= 11 is 0. The predicted molar refractivity (Wildman–Crippen MR) is 79.9 cm³/mol. The molecule has 0 aromatic rings. The van der Waals surface area contributed by atoms with Gasteiger partial charge in [0, 0.05) is 19.6 Å². The molecule has 2 atom stereocenters. The molecule has 19 heavy (non-hydrogen) atoms. The van der Waals surface area contributed by atoms with Crippen LogP contribution in [0, 0.1) is 11.3 Å². The standard InChI is InChI=1S/C15H31N3O/c1-6-17(7-2)10-12-8-9-18(11-12)14(19)13(16)15(3,4)5/h12-13H,6-11,16H2,1-5H3/t12?,13-/m1/s1. The fraction of sp³-hybridized carbons (Fsp3) is 0.933. The number of nitrogens with zero attached hydrogens (tertiary/aromatic N) is 2. The van der Waals surface area contributed by atoms with E-state index in [0.717, 1.165) is 39.1 Å². The van der Waals surface area contributed by atoms with Gasteiger partial charge >= 0.3 is 0 Å². The van der Waals surface area contributed by atoms with E-state index in [1.807, 2.05) is 25.7 Å². The van der Waals surface area contributed by atoms with Crippen LogP contribution in [-0.2, 0) is 4.79 Å². The number of nitrogens with two attached hydrogens (primary N) is 1. The number of hydrogen-bond acceptors (Lipinski definition) is 3. The van der Waals surface area contributed by atoms with Crippen molar-refractivity contribution in [1.82, 2.24) is 9.80 Å². The first-order chi connectivity index (χ1) is 8.79. The minimum atomic E-state index is -0.389. The van der Waals surface area contributed by atoms with Gasteiger partial charge in [-0.1, -0.05) is 34.6 Å². The third-order valence-electron chi connectivity index (χ3n) is 4.21. The second kappa shape index (κ2) is 6.71. The second-order valence-electron chi connectivity index (χ2n) is 6.77. The molecule has 1 heterocycles. The van der Waals surface area contributed by atoms with Gasteiger partial charge in [-0.15, -0.1) is 0 Å². The summed E-state index contributed by atoms with van der Waals surface area (Å²) < 4.78 is 0. The minimum absolute atomic E-state index is 0.120. The van der Waals surface area contributed by atoms with Crippen molar-refractivity contribution in [2.75, 3.05) is 32.7 Å². The van der Waals surface area contributed by atoms with Gasteiger partial charge in [-0.2, -0.15) is 0 Å². The van der Waals surface area contributed by atoms with E-state index in [0.29, 0.717) is 5.92 Å². The van der Waals surface area contributed by atoms with E-state index in [9.17, 15) is 4.79 Å². The van der Waals surface area contributed by atoms with Gasteiger partial charge in [0.05, 0.1) is 6.04 Å². The molecule has 1 aliphatic heterocycles. The van der Waals surface area contributed by atoms with Crippen LogP contribution in [0.1, 0.15) is 41.0 Å². The van der Waals surface area contributed by atoms with E-state index in [-0.39, 0.29) is 17.4 Å². The highest BCUT2D eigenvalue weighted by Gasteiger charge is 2.34. The van der Waals surface area contributed by atoms with Crippen LogP contribution in [0.3, 0.4) is 0 Å². The zero-order valence-electron chi connectivity index (χ0n) is 13.3. The van der Waals surface area contributed by atoms with E-state index in [2.05, 4.69) is 18.7 Å². The quantitative estimate of drug-likeness (QED) is 0.824. The first-order valence-electron chi connectivity index (χ1n) is 7.56. The van der Waals surface area contributed by atoms with Crippen LogP contribution < -0.4 is 5.73 Å². The highest BCUT2D eigenvalue weighted by Crippen LogP contribution is 2.23. The maximum atomic E-state index is 12.3. The van der Waals surface area contributed by atoms with Crippen LogP contribution in [0.2, 0.25) is 0 Å². The van der Waals surface area contributed by atoms with Crippen molar-refractivity contribution in [3.63, 3.8) is 0 Å². The molecule has 0 aromatic carbocycles.